The molecule has 15 nitrogen and oxygen atoms in total. The topological polar surface area (TPSA) is 250 Å². The third kappa shape index (κ3) is 7.74. The molecule has 214 valence electrons. The van der Waals surface area contributed by atoms with Gasteiger partial charge in [-0.3, -0.25) is 5.43 Å². The van der Waals surface area contributed by atoms with Crippen LogP contribution in [0.25, 0.3) is 0 Å². The van der Waals surface area contributed by atoms with Crippen LogP contribution in [0.2, 0.25) is 0 Å². The molecule has 2 aromatic carbocycles. The SMILES string of the molecule is OC[C@@H](O)[C@@H](O[C@H]1O[C@H](CO)[C@@H](O)[C@H](O)[C@H]1O)[C@H](O)[C@@H](O)/C(N=Nc1ccccc1O)=N\Nc1ccccc1. The molecule has 1 fully saturated rings. The highest BCUT2D eigenvalue weighted by Crippen LogP contribution is 2.27. The molecular formula is C24H32N4O11. The number of aliphatic hydroxyl groups excluding tert-OH is 8. The Morgan fingerprint density at radius 3 is 2.23 bits per heavy atom. The first-order valence-corrected chi connectivity index (χ1v) is 11.9. The third-order valence-corrected chi connectivity index (χ3v) is 5.85. The Morgan fingerprint density at radius 1 is 0.923 bits per heavy atom. The number of aromatic hydroxyl groups is 1. The minimum absolute atomic E-state index is 0.0103. The van der Waals surface area contributed by atoms with Crippen LogP contribution in [-0.2, 0) is 9.47 Å². The summed E-state index contributed by atoms with van der Waals surface area (Å²) in [6.07, 6.45) is -16.5. The first kappa shape index (κ1) is 30.5. The van der Waals surface area contributed by atoms with Crippen molar-refractivity contribution in [3.63, 3.8) is 0 Å². The number of para-hydroxylation sites is 2. The predicted molar refractivity (Wildman–Crippen MR) is 134 cm³/mol. The van der Waals surface area contributed by atoms with Crippen LogP contribution >= 0.6 is 0 Å². The van der Waals surface area contributed by atoms with E-state index in [-0.39, 0.29) is 11.4 Å². The highest BCUT2D eigenvalue weighted by atomic mass is 16.7. The highest BCUT2D eigenvalue weighted by molar-refractivity contribution is 5.88. The first-order valence-electron chi connectivity index (χ1n) is 11.9. The average Bonchev–Trinajstić information content (AvgIpc) is 2.96. The number of amidine groups is 1. The van der Waals surface area contributed by atoms with Gasteiger partial charge in [0.15, 0.2) is 6.29 Å². The van der Waals surface area contributed by atoms with Gasteiger partial charge in [-0.15, -0.1) is 10.2 Å². The lowest BCUT2D eigenvalue weighted by Crippen LogP contribution is -2.61. The van der Waals surface area contributed by atoms with Gasteiger partial charge in [0, 0.05) is 0 Å². The minimum Gasteiger partial charge on any atom is -0.506 e. The fourth-order valence-electron chi connectivity index (χ4n) is 3.61. The van der Waals surface area contributed by atoms with Gasteiger partial charge in [-0.2, -0.15) is 5.10 Å². The Bertz CT molecular complexity index is 1090. The normalized spacial score (nSPS) is 27.2. The lowest BCUT2D eigenvalue weighted by Gasteiger charge is -2.42. The maximum atomic E-state index is 11.0. The van der Waals surface area contributed by atoms with Crippen molar-refractivity contribution in [1.29, 1.82) is 0 Å². The molecule has 0 saturated carbocycles. The minimum atomic E-state index is -2.10. The molecule has 1 heterocycles. The number of nitrogens with zero attached hydrogens (tertiary/aromatic N) is 3. The number of rotatable bonds is 11. The fraction of sp³-hybridized carbons (Fsp3) is 0.458. The number of hydrazone groups is 1. The molecule has 1 aliphatic heterocycles. The average molecular weight is 553 g/mol. The smallest absolute Gasteiger partial charge is 0.202 e. The van der Waals surface area contributed by atoms with E-state index in [0.717, 1.165) is 0 Å². The number of nitrogens with one attached hydrogen (secondary N) is 1. The largest absolute Gasteiger partial charge is 0.506 e. The van der Waals surface area contributed by atoms with E-state index >= 15 is 0 Å². The number of hydrogen-bond donors (Lipinski definition) is 10. The quantitative estimate of drug-likeness (QED) is 0.0639. The van der Waals surface area contributed by atoms with Crippen LogP contribution in [-0.4, -0.2) is 120 Å². The summed E-state index contributed by atoms with van der Waals surface area (Å²) in [5.41, 5.74) is 3.10. The zero-order valence-corrected chi connectivity index (χ0v) is 20.5. The molecule has 39 heavy (non-hydrogen) atoms. The Balaban J connectivity index is 1.89. The number of phenolic OH excluding ortho intramolecular Hbond substituents is 1. The summed E-state index contributed by atoms with van der Waals surface area (Å²) in [7, 11) is 0. The first-order chi connectivity index (χ1) is 18.7. The van der Waals surface area contributed by atoms with E-state index in [0.29, 0.717) is 5.69 Å². The van der Waals surface area contributed by atoms with Crippen molar-refractivity contribution in [2.75, 3.05) is 18.6 Å². The molecule has 0 bridgehead atoms. The van der Waals surface area contributed by atoms with E-state index in [1.165, 1.54) is 12.1 Å². The standard InChI is InChI=1S/C24H32N4O11/c29-10-15(32)22(39-24-21(37)18(34)17(33)16(11-30)38-24)19(35)20(36)23(27-25-12-6-2-1-3-7-12)28-26-13-8-4-5-9-14(13)31/h1-9,15-22,24-25,29-37H,10-11H2/b27-23+,28-26?/t15-,16-,17-,18+,19-,20-,21-,22-,24-/m1/s1. The van der Waals surface area contributed by atoms with Gasteiger partial charge < -0.3 is 55.4 Å². The number of benzene rings is 2. The summed E-state index contributed by atoms with van der Waals surface area (Å²) in [4.78, 5) is 0. The van der Waals surface area contributed by atoms with Gasteiger partial charge >= 0.3 is 0 Å². The second kappa shape index (κ2) is 14.3. The number of aliphatic hydroxyl groups is 8. The Morgan fingerprint density at radius 2 is 1.59 bits per heavy atom. The molecule has 0 aromatic heterocycles. The van der Waals surface area contributed by atoms with Gasteiger partial charge in [0.1, 0.15) is 60.3 Å². The zero-order valence-electron chi connectivity index (χ0n) is 20.5. The van der Waals surface area contributed by atoms with E-state index in [9.17, 15) is 46.0 Å². The van der Waals surface area contributed by atoms with E-state index in [1.807, 2.05) is 0 Å². The maximum Gasteiger partial charge on any atom is 0.202 e. The summed E-state index contributed by atoms with van der Waals surface area (Å²) in [5, 5.41) is 103. The molecule has 15 heteroatoms. The van der Waals surface area contributed by atoms with Crippen molar-refractivity contribution in [2.45, 2.75) is 55.1 Å². The molecule has 10 N–H and O–H groups in total. The van der Waals surface area contributed by atoms with Crippen LogP contribution in [0.3, 0.4) is 0 Å². The highest BCUT2D eigenvalue weighted by Gasteiger charge is 2.47. The second-order valence-corrected chi connectivity index (χ2v) is 8.62. The summed E-state index contributed by atoms with van der Waals surface area (Å²) in [6, 6.07) is 14.3. The lowest BCUT2D eigenvalue weighted by atomic mass is 9.98. The molecule has 0 spiro atoms. The van der Waals surface area contributed by atoms with Crippen LogP contribution in [0.4, 0.5) is 11.4 Å². The molecule has 0 unspecified atom stereocenters. The Kier molecular flexibility index (Phi) is 11.2. The Labute approximate surface area is 222 Å². The summed E-state index contributed by atoms with van der Waals surface area (Å²) in [5.74, 6) is -0.770. The molecule has 1 saturated heterocycles. The maximum absolute atomic E-state index is 11.0. The molecule has 2 aromatic rings. The van der Waals surface area contributed by atoms with Crippen LogP contribution in [0.15, 0.2) is 69.9 Å². The fourth-order valence-corrected chi connectivity index (χ4v) is 3.61. The molecular weight excluding hydrogens is 520 g/mol. The second-order valence-electron chi connectivity index (χ2n) is 8.62. The van der Waals surface area contributed by atoms with Crippen LogP contribution in [0.1, 0.15) is 0 Å². The summed E-state index contributed by atoms with van der Waals surface area (Å²) < 4.78 is 10.7. The van der Waals surface area contributed by atoms with Gasteiger partial charge in [0.25, 0.3) is 0 Å². The van der Waals surface area contributed by atoms with Crippen molar-refractivity contribution < 1.29 is 55.4 Å². The molecule has 0 amide bonds. The number of azo groups is 1. The Hall–Kier alpha value is -3.09. The van der Waals surface area contributed by atoms with E-state index in [1.54, 1.807) is 42.5 Å². The number of ether oxygens (including phenoxy) is 2. The monoisotopic (exact) mass is 552 g/mol. The van der Waals surface area contributed by atoms with Crippen LogP contribution in [0.5, 0.6) is 5.75 Å². The predicted octanol–water partition coefficient (Wildman–Crippen LogP) is -1.84. The number of phenols is 1. The lowest BCUT2D eigenvalue weighted by molar-refractivity contribution is -0.326. The number of anilines is 1. The summed E-state index contributed by atoms with van der Waals surface area (Å²) in [6.45, 7) is -1.74. The van der Waals surface area contributed by atoms with Gasteiger partial charge in [0.05, 0.1) is 18.9 Å². The van der Waals surface area contributed by atoms with Crippen LogP contribution in [0, 0.1) is 0 Å². The van der Waals surface area contributed by atoms with Gasteiger partial charge in [-0.05, 0) is 24.3 Å². The van der Waals surface area contributed by atoms with Gasteiger partial charge in [0.2, 0.25) is 5.84 Å². The van der Waals surface area contributed by atoms with E-state index in [2.05, 4.69) is 20.8 Å². The molecule has 3 rings (SSSR count). The van der Waals surface area contributed by atoms with E-state index in [4.69, 9.17) is 9.47 Å². The van der Waals surface area contributed by atoms with E-state index < -0.39 is 74.2 Å². The van der Waals surface area contributed by atoms with Crippen molar-refractivity contribution in [1.82, 2.24) is 0 Å². The van der Waals surface area contributed by atoms with Crippen molar-refractivity contribution in [3.8, 4) is 5.75 Å². The van der Waals surface area contributed by atoms with Crippen molar-refractivity contribution >= 4 is 17.2 Å². The van der Waals surface area contributed by atoms with Gasteiger partial charge in [-0.1, -0.05) is 30.3 Å². The van der Waals surface area contributed by atoms with Gasteiger partial charge in [-0.25, -0.2) is 0 Å². The molecule has 1 aliphatic rings. The van der Waals surface area contributed by atoms with Crippen molar-refractivity contribution in [2.24, 2.45) is 15.3 Å². The third-order valence-electron chi connectivity index (χ3n) is 5.85. The van der Waals surface area contributed by atoms with Crippen molar-refractivity contribution in [3.05, 3.63) is 54.6 Å². The molecule has 9 atom stereocenters. The molecule has 0 radical (unpaired) electrons. The zero-order chi connectivity index (χ0) is 28.5. The summed E-state index contributed by atoms with van der Waals surface area (Å²) >= 11 is 0. The van der Waals surface area contributed by atoms with Crippen LogP contribution < -0.4 is 5.43 Å². The molecule has 0 aliphatic carbocycles. The number of hydrogen-bond acceptors (Lipinski definition) is 14.